The number of nitrogens with zero attached hydrogens (tertiary/aromatic N) is 3. The van der Waals surface area contributed by atoms with E-state index >= 15 is 0 Å². The molecule has 0 saturated carbocycles. The van der Waals surface area contributed by atoms with E-state index in [2.05, 4.69) is 15.0 Å². The molecule has 2 rings (SSSR count). The SMILES string of the molecule is COc1ccc(COc2nc(N)nc(OC(C)C)n2)cc1. The van der Waals surface area contributed by atoms with Crippen LogP contribution in [0.4, 0.5) is 5.95 Å². The molecule has 0 amide bonds. The molecule has 0 spiro atoms. The largest absolute Gasteiger partial charge is 0.497 e. The van der Waals surface area contributed by atoms with E-state index in [1.165, 1.54) is 0 Å². The second-order valence-corrected chi connectivity index (χ2v) is 4.56. The van der Waals surface area contributed by atoms with Gasteiger partial charge in [0.05, 0.1) is 13.2 Å². The van der Waals surface area contributed by atoms with Crippen molar-refractivity contribution in [3.05, 3.63) is 29.8 Å². The molecule has 1 heterocycles. The van der Waals surface area contributed by atoms with Crippen LogP contribution in [-0.2, 0) is 6.61 Å². The molecule has 0 atom stereocenters. The summed E-state index contributed by atoms with van der Waals surface area (Å²) in [5.74, 6) is 0.848. The quantitative estimate of drug-likeness (QED) is 0.867. The molecule has 0 aliphatic carbocycles. The fourth-order valence-corrected chi connectivity index (χ4v) is 1.55. The van der Waals surface area contributed by atoms with E-state index in [1.54, 1.807) is 7.11 Å². The number of nitrogens with two attached hydrogens (primary N) is 1. The molecule has 0 fully saturated rings. The lowest BCUT2D eigenvalue weighted by molar-refractivity contribution is 0.212. The van der Waals surface area contributed by atoms with Gasteiger partial charge in [-0.05, 0) is 31.5 Å². The summed E-state index contributed by atoms with van der Waals surface area (Å²) in [6, 6.07) is 7.79. The van der Waals surface area contributed by atoms with E-state index < -0.39 is 0 Å². The lowest BCUT2D eigenvalue weighted by atomic mass is 10.2. The van der Waals surface area contributed by atoms with Crippen molar-refractivity contribution in [1.29, 1.82) is 0 Å². The number of benzene rings is 1. The summed E-state index contributed by atoms with van der Waals surface area (Å²) in [5, 5.41) is 0. The molecule has 7 heteroatoms. The van der Waals surface area contributed by atoms with E-state index in [4.69, 9.17) is 19.9 Å². The van der Waals surface area contributed by atoms with Crippen LogP contribution in [0, 0.1) is 0 Å². The maximum absolute atomic E-state index is 5.60. The van der Waals surface area contributed by atoms with E-state index in [0.29, 0.717) is 6.61 Å². The number of nitrogen functional groups attached to an aromatic ring is 1. The number of aromatic nitrogens is 3. The summed E-state index contributed by atoms with van der Waals surface area (Å²) in [6.07, 6.45) is -0.0544. The fourth-order valence-electron chi connectivity index (χ4n) is 1.55. The third kappa shape index (κ3) is 4.48. The van der Waals surface area contributed by atoms with Crippen LogP contribution in [-0.4, -0.2) is 28.2 Å². The number of hydrogen-bond acceptors (Lipinski definition) is 7. The average molecular weight is 290 g/mol. The molecule has 2 N–H and O–H groups in total. The van der Waals surface area contributed by atoms with Gasteiger partial charge in [0.2, 0.25) is 5.95 Å². The molecule has 0 radical (unpaired) electrons. The smallest absolute Gasteiger partial charge is 0.324 e. The minimum Gasteiger partial charge on any atom is -0.497 e. The Morgan fingerprint density at radius 3 is 2.33 bits per heavy atom. The van der Waals surface area contributed by atoms with Crippen LogP contribution in [0.25, 0.3) is 0 Å². The fraction of sp³-hybridized carbons (Fsp3) is 0.357. The van der Waals surface area contributed by atoms with Gasteiger partial charge in [-0.1, -0.05) is 12.1 Å². The summed E-state index contributed by atoms with van der Waals surface area (Å²) >= 11 is 0. The lowest BCUT2D eigenvalue weighted by Gasteiger charge is -2.09. The molecule has 0 aliphatic heterocycles. The predicted molar refractivity (Wildman–Crippen MR) is 77.3 cm³/mol. The molecular weight excluding hydrogens is 272 g/mol. The first-order valence-corrected chi connectivity index (χ1v) is 6.50. The van der Waals surface area contributed by atoms with Gasteiger partial charge in [-0.25, -0.2) is 0 Å². The third-order valence-corrected chi connectivity index (χ3v) is 2.48. The highest BCUT2D eigenvalue weighted by Crippen LogP contribution is 2.15. The second-order valence-electron chi connectivity index (χ2n) is 4.56. The Labute approximate surface area is 123 Å². The zero-order valence-electron chi connectivity index (χ0n) is 12.2. The standard InChI is InChI=1S/C14H18N4O3/c1-9(2)21-14-17-12(15)16-13(18-14)20-8-10-4-6-11(19-3)7-5-10/h4-7,9H,8H2,1-3H3,(H2,15,16,17,18). The Morgan fingerprint density at radius 2 is 1.71 bits per heavy atom. The van der Waals surface area contributed by atoms with E-state index in [1.807, 2.05) is 38.1 Å². The van der Waals surface area contributed by atoms with Crippen molar-refractivity contribution >= 4 is 5.95 Å². The van der Waals surface area contributed by atoms with Crippen molar-refractivity contribution < 1.29 is 14.2 Å². The highest BCUT2D eigenvalue weighted by atomic mass is 16.5. The van der Waals surface area contributed by atoms with Gasteiger partial charge < -0.3 is 19.9 Å². The van der Waals surface area contributed by atoms with Crippen LogP contribution in [0.2, 0.25) is 0 Å². The Kier molecular flexibility index (Phi) is 4.76. The average Bonchev–Trinajstić information content (AvgIpc) is 2.44. The van der Waals surface area contributed by atoms with Crippen LogP contribution >= 0.6 is 0 Å². The predicted octanol–water partition coefficient (Wildman–Crippen LogP) is 1.83. The number of rotatable bonds is 6. The number of ether oxygens (including phenoxy) is 3. The van der Waals surface area contributed by atoms with Crippen LogP contribution in [0.3, 0.4) is 0 Å². The molecular formula is C14H18N4O3. The van der Waals surface area contributed by atoms with Gasteiger partial charge in [0.1, 0.15) is 12.4 Å². The molecule has 0 bridgehead atoms. The summed E-state index contributed by atoms with van der Waals surface area (Å²) in [7, 11) is 1.62. The Morgan fingerprint density at radius 1 is 1.05 bits per heavy atom. The minimum atomic E-state index is -0.0544. The maximum atomic E-state index is 5.60. The summed E-state index contributed by atoms with van der Waals surface area (Å²) in [6.45, 7) is 4.06. The maximum Gasteiger partial charge on any atom is 0.324 e. The zero-order valence-corrected chi connectivity index (χ0v) is 12.2. The third-order valence-electron chi connectivity index (χ3n) is 2.48. The van der Waals surface area contributed by atoms with Gasteiger partial charge in [0.25, 0.3) is 0 Å². The Bertz CT molecular complexity index is 587. The molecule has 2 aromatic rings. The molecule has 1 aromatic carbocycles. The topological polar surface area (TPSA) is 92.4 Å². The van der Waals surface area contributed by atoms with Crippen molar-refractivity contribution in [3.8, 4) is 17.8 Å². The second kappa shape index (κ2) is 6.74. The normalized spacial score (nSPS) is 10.5. The summed E-state index contributed by atoms with van der Waals surface area (Å²) in [4.78, 5) is 11.9. The van der Waals surface area contributed by atoms with Gasteiger partial charge in [0.15, 0.2) is 0 Å². The molecule has 7 nitrogen and oxygen atoms in total. The number of methoxy groups -OCH3 is 1. The van der Waals surface area contributed by atoms with Crippen molar-refractivity contribution in [2.75, 3.05) is 12.8 Å². The first-order chi connectivity index (χ1) is 10.1. The highest BCUT2D eigenvalue weighted by Gasteiger charge is 2.08. The van der Waals surface area contributed by atoms with Gasteiger partial charge in [0, 0.05) is 0 Å². The number of anilines is 1. The van der Waals surface area contributed by atoms with Crippen LogP contribution in [0.5, 0.6) is 17.8 Å². The van der Waals surface area contributed by atoms with Crippen molar-refractivity contribution in [3.63, 3.8) is 0 Å². The van der Waals surface area contributed by atoms with Crippen molar-refractivity contribution in [1.82, 2.24) is 15.0 Å². The molecule has 0 aliphatic rings. The molecule has 1 aromatic heterocycles. The first kappa shape index (κ1) is 14.8. The van der Waals surface area contributed by atoms with E-state index in [-0.39, 0.29) is 24.1 Å². The lowest BCUT2D eigenvalue weighted by Crippen LogP contribution is -2.11. The van der Waals surface area contributed by atoms with Gasteiger partial charge in [-0.15, -0.1) is 4.98 Å². The van der Waals surface area contributed by atoms with Gasteiger partial charge >= 0.3 is 12.0 Å². The summed E-state index contributed by atoms with van der Waals surface area (Å²) in [5.41, 5.74) is 6.56. The molecule has 112 valence electrons. The molecule has 0 saturated heterocycles. The van der Waals surface area contributed by atoms with Crippen LogP contribution in [0.15, 0.2) is 24.3 Å². The highest BCUT2D eigenvalue weighted by molar-refractivity contribution is 5.27. The van der Waals surface area contributed by atoms with Crippen molar-refractivity contribution in [2.45, 2.75) is 26.6 Å². The van der Waals surface area contributed by atoms with E-state index in [0.717, 1.165) is 11.3 Å². The van der Waals surface area contributed by atoms with Crippen LogP contribution < -0.4 is 19.9 Å². The Hall–Kier alpha value is -2.57. The Balaban J connectivity index is 2.03. The van der Waals surface area contributed by atoms with Crippen molar-refractivity contribution in [2.24, 2.45) is 0 Å². The monoisotopic (exact) mass is 290 g/mol. The van der Waals surface area contributed by atoms with Crippen LogP contribution in [0.1, 0.15) is 19.4 Å². The number of hydrogen-bond donors (Lipinski definition) is 1. The zero-order chi connectivity index (χ0) is 15.2. The first-order valence-electron chi connectivity index (χ1n) is 6.50. The van der Waals surface area contributed by atoms with E-state index in [9.17, 15) is 0 Å². The molecule has 21 heavy (non-hydrogen) atoms. The minimum absolute atomic E-state index is 0.0544. The van der Waals surface area contributed by atoms with Gasteiger partial charge in [-0.3, -0.25) is 0 Å². The summed E-state index contributed by atoms with van der Waals surface area (Å²) < 4.78 is 16.0. The van der Waals surface area contributed by atoms with Gasteiger partial charge in [-0.2, -0.15) is 9.97 Å². The molecule has 0 unspecified atom stereocenters.